The molecule has 2 unspecified atom stereocenters. The lowest BCUT2D eigenvalue weighted by Gasteiger charge is -2.43. The van der Waals surface area contributed by atoms with E-state index in [1.807, 2.05) is 0 Å². The Kier molecular flexibility index (Phi) is 4.94. The van der Waals surface area contributed by atoms with Crippen LogP contribution in [-0.4, -0.2) is 35.6 Å². The zero-order valence-corrected chi connectivity index (χ0v) is 13.7. The minimum absolute atomic E-state index is 0.346. The topological polar surface area (TPSA) is 15.3 Å². The van der Waals surface area contributed by atoms with E-state index in [0.717, 1.165) is 23.9 Å². The van der Waals surface area contributed by atoms with E-state index < -0.39 is 0 Å². The van der Waals surface area contributed by atoms with Crippen molar-refractivity contribution < 1.29 is 0 Å². The number of piperidine rings is 1. The van der Waals surface area contributed by atoms with E-state index in [0.29, 0.717) is 5.54 Å². The van der Waals surface area contributed by atoms with Crippen LogP contribution < -0.4 is 5.32 Å². The van der Waals surface area contributed by atoms with Gasteiger partial charge in [0, 0.05) is 30.7 Å². The number of hydrogen-bond acceptors (Lipinski definition) is 2. The quantitative estimate of drug-likeness (QED) is 0.820. The van der Waals surface area contributed by atoms with Crippen molar-refractivity contribution in [3.8, 4) is 0 Å². The fourth-order valence-corrected chi connectivity index (χ4v) is 4.13. The van der Waals surface area contributed by atoms with Gasteiger partial charge in [-0.25, -0.2) is 0 Å². The summed E-state index contributed by atoms with van der Waals surface area (Å²) >= 11 is 0. The van der Waals surface area contributed by atoms with E-state index in [4.69, 9.17) is 0 Å². The zero-order valence-electron chi connectivity index (χ0n) is 13.7. The van der Waals surface area contributed by atoms with Crippen molar-refractivity contribution in [1.82, 2.24) is 10.2 Å². The van der Waals surface area contributed by atoms with Crippen LogP contribution in [0.3, 0.4) is 0 Å². The van der Waals surface area contributed by atoms with Crippen LogP contribution >= 0.6 is 0 Å². The number of nitrogens with one attached hydrogen (secondary N) is 1. The summed E-state index contributed by atoms with van der Waals surface area (Å²) in [6.07, 6.45) is 6.88. The summed E-state index contributed by atoms with van der Waals surface area (Å²) in [6, 6.07) is 1.55. The van der Waals surface area contributed by atoms with Crippen LogP contribution in [0.2, 0.25) is 0 Å². The molecule has 19 heavy (non-hydrogen) atoms. The van der Waals surface area contributed by atoms with E-state index in [1.165, 1.54) is 45.2 Å². The van der Waals surface area contributed by atoms with E-state index in [1.54, 1.807) is 0 Å². The Morgan fingerprint density at radius 2 is 1.37 bits per heavy atom. The molecule has 2 fully saturated rings. The van der Waals surface area contributed by atoms with Gasteiger partial charge in [0.25, 0.3) is 0 Å². The molecule has 1 saturated heterocycles. The van der Waals surface area contributed by atoms with E-state index in [2.05, 4.69) is 44.8 Å². The fraction of sp³-hybridized carbons (Fsp3) is 1.00. The molecule has 0 spiro atoms. The Morgan fingerprint density at radius 3 is 1.84 bits per heavy atom. The standard InChI is InChI=1S/C17H34N2/c1-13-10-14(2)12-16(11-13)18-15-6-8-19(9-7-15)17(3,4)5/h13-16,18H,6-12H2,1-5H3. The van der Waals surface area contributed by atoms with Gasteiger partial charge in [0.2, 0.25) is 0 Å². The second-order valence-corrected chi connectivity index (χ2v) is 8.21. The minimum atomic E-state index is 0.346. The third kappa shape index (κ3) is 4.46. The zero-order chi connectivity index (χ0) is 14.0. The minimum Gasteiger partial charge on any atom is -0.311 e. The maximum absolute atomic E-state index is 3.96. The van der Waals surface area contributed by atoms with Crippen LogP contribution in [0.4, 0.5) is 0 Å². The number of rotatable bonds is 2. The summed E-state index contributed by atoms with van der Waals surface area (Å²) in [6.45, 7) is 14.4. The summed E-state index contributed by atoms with van der Waals surface area (Å²) < 4.78 is 0. The molecule has 1 aliphatic heterocycles. The van der Waals surface area contributed by atoms with Crippen molar-refractivity contribution in [2.75, 3.05) is 13.1 Å². The van der Waals surface area contributed by atoms with Gasteiger partial charge in [-0.1, -0.05) is 13.8 Å². The predicted octanol–water partition coefficient (Wildman–Crippen LogP) is 3.66. The van der Waals surface area contributed by atoms with Crippen molar-refractivity contribution in [1.29, 1.82) is 0 Å². The SMILES string of the molecule is CC1CC(C)CC(NC2CCN(C(C)(C)C)CC2)C1. The Hall–Kier alpha value is -0.0800. The van der Waals surface area contributed by atoms with Gasteiger partial charge in [0.15, 0.2) is 0 Å². The first-order chi connectivity index (χ1) is 8.84. The first-order valence-electron chi connectivity index (χ1n) is 8.35. The third-order valence-corrected chi connectivity index (χ3v) is 5.09. The molecule has 1 N–H and O–H groups in total. The van der Waals surface area contributed by atoms with Gasteiger partial charge in [0.05, 0.1) is 0 Å². The molecule has 0 aromatic carbocycles. The lowest BCUT2D eigenvalue weighted by Crippen LogP contribution is -2.52. The number of nitrogens with zero attached hydrogens (tertiary/aromatic N) is 1. The van der Waals surface area contributed by atoms with E-state index in [-0.39, 0.29) is 0 Å². The molecule has 0 bridgehead atoms. The summed E-state index contributed by atoms with van der Waals surface area (Å²) in [5.74, 6) is 1.83. The van der Waals surface area contributed by atoms with Crippen LogP contribution in [0.1, 0.15) is 66.7 Å². The second kappa shape index (κ2) is 6.13. The molecule has 112 valence electrons. The Labute approximate surface area is 120 Å². The summed E-state index contributed by atoms with van der Waals surface area (Å²) in [7, 11) is 0. The second-order valence-electron chi connectivity index (χ2n) is 8.21. The van der Waals surface area contributed by atoms with Crippen LogP contribution in [-0.2, 0) is 0 Å². The maximum atomic E-state index is 3.96. The monoisotopic (exact) mass is 266 g/mol. The molecule has 2 nitrogen and oxygen atoms in total. The molecule has 0 aromatic heterocycles. The molecular weight excluding hydrogens is 232 g/mol. The van der Waals surface area contributed by atoms with Crippen molar-refractivity contribution in [3.63, 3.8) is 0 Å². The molecule has 0 radical (unpaired) electrons. The Morgan fingerprint density at radius 1 is 0.842 bits per heavy atom. The van der Waals surface area contributed by atoms with Gasteiger partial charge in [-0.05, 0) is 64.7 Å². The predicted molar refractivity (Wildman–Crippen MR) is 83.5 cm³/mol. The highest BCUT2D eigenvalue weighted by Crippen LogP contribution is 2.29. The van der Waals surface area contributed by atoms with Gasteiger partial charge < -0.3 is 5.32 Å². The van der Waals surface area contributed by atoms with Gasteiger partial charge in [-0.2, -0.15) is 0 Å². The summed E-state index contributed by atoms with van der Waals surface area (Å²) in [4.78, 5) is 2.64. The van der Waals surface area contributed by atoms with E-state index >= 15 is 0 Å². The van der Waals surface area contributed by atoms with Crippen molar-refractivity contribution in [3.05, 3.63) is 0 Å². The fourth-order valence-electron chi connectivity index (χ4n) is 4.13. The third-order valence-electron chi connectivity index (χ3n) is 5.09. The molecule has 0 aromatic rings. The van der Waals surface area contributed by atoms with Crippen LogP contribution in [0.15, 0.2) is 0 Å². The average molecular weight is 266 g/mol. The summed E-state index contributed by atoms with van der Waals surface area (Å²) in [5, 5.41) is 3.96. The average Bonchev–Trinajstić information content (AvgIpc) is 2.26. The Balaban J connectivity index is 1.76. The molecule has 1 heterocycles. The van der Waals surface area contributed by atoms with Gasteiger partial charge in [0.1, 0.15) is 0 Å². The smallest absolute Gasteiger partial charge is 0.0125 e. The lowest BCUT2D eigenvalue weighted by atomic mass is 9.80. The van der Waals surface area contributed by atoms with Crippen molar-refractivity contribution in [2.24, 2.45) is 11.8 Å². The molecule has 1 saturated carbocycles. The summed E-state index contributed by atoms with van der Waals surface area (Å²) in [5.41, 5.74) is 0.346. The molecule has 2 heteroatoms. The van der Waals surface area contributed by atoms with Gasteiger partial charge in [-0.15, -0.1) is 0 Å². The molecule has 1 aliphatic carbocycles. The molecule has 2 atom stereocenters. The Bertz CT molecular complexity index is 263. The normalized spacial score (nSPS) is 35.5. The molecular formula is C17H34N2. The first-order valence-corrected chi connectivity index (χ1v) is 8.35. The molecule has 0 amide bonds. The molecule has 2 aliphatic rings. The number of likely N-dealkylation sites (tertiary alicyclic amines) is 1. The lowest BCUT2D eigenvalue weighted by molar-refractivity contribution is 0.0894. The van der Waals surface area contributed by atoms with Crippen molar-refractivity contribution >= 4 is 0 Å². The number of hydrogen-bond donors (Lipinski definition) is 1. The van der Waals surface area contributed by atoms with Crippen molar-refractivity contribution in [2.45, 2.75) is 84.3 Å². The van der Waals surface area contributed by atoms with Gasteiger partial charge in [-0.3, -0.25) is 4.90 Å². The highest BCUT2D eigenvalue weighted by molar-refractivity contribution is 4.88. The van der Waals surface area contributed by atoms with E-state index in [9.17, 15) is 0 Å². The highest BCUT2D eigenvalue weighted by atomic mass is 15.2. The van der Waals surface area contributed by atoms with Crippen LogP contribution in [0.5, 0.6) is 0 Å². The van der Waals surface area contributed by atoms with Gasteiger partial charge >= 0.3 is 0 Å². The first kappa shape index (κ1) is 15.3. The highest BCUT2D eigenvalue weighted by Gasteiger charge is 2.30. The largest absolute Gasteiger partial charge is 0.311 e. The van der Waals surface area contributed by atoms with Crippen LogP contribution in [0, 0.1) is 11.8 Å². The van der Waals surface area contributed by atoms with Crippen LogP contribution in [0.25, 0.3) is 0 Å². The maximum Gasteiger partial charge on any atom is 0.0125 e. The molecule has 2 rings (SSSR count).